The maximum atomic E-state index is 11.3. The summed E-state index contributed by atoms with van der Waals surface area (Å²) in [6.07, 6.45) is 1.50. The van der Waals surface area contributed by atoms with Crippen LogP contribution in [0, 0.1) is 16.0 Å². The number of phenolic OH excluding ortho intramolecular Hbond substituents is 1. The molecule has 102 valence electrons. The largest absolute Gasteiger partial charge is 0.507 e. The van der Waals surface area contributed by atoms with Gasteiger partial charge in [-0.3, -0.25) is 14.9 Å². The smallest absolute Gasteiger partial charge is 0.270 e. The van der Waals surface area contributed by atoms with Crippen LogP contribution in [0.15, 0.2) is 23.3 Å². The molecule has 0 aromatic heterocycles. The molecule has 0 fully saturated rings. The molecule has 0 saturated carbocycles. The van der Waals surface area contributed by atoms with Gasteiger partial charge in [-0.15, -0.1) is 0 Å². The number of aromatic hydroxyl groups is 1. The van der Waals surface area contributed by atoms with Crippen molar-refractivity contribution < 1.29 is 14.8 Å². The maximum absolute atomic E-state index is 11.3. The van der Waals surface area contributed by atoms with Crippen LogP contribution in [0.25, 0.3) is 0 Å². The van der Waals surface area contributed by atoms with Crippen molar-refractivity contribution >= 4 is 17.8 Å². The van der Waals surface area contributed by atoms with Crippen molar-refractivity contribution in [3.63, 3.8) is 0 Å². The summed E-state index contributed by atoms with van der Waals surface area (Å²) in [6, 6.07) is 3.56. The molecule has 1 aromatic rings. The average Bonchev–Trinajstić information content (AvgIpc) is 2.30. The number of phenols is 1. The number of nitro groups is 1. The van der Waals surface area contributed by atoms with Crippen LogP contribution in [0.1, 0.15) is 25.8 Å². The number of hydrazone groups is 1. The van der Waals surface area contributed by atoms with Crippen LogP contribution in [-0.2, 0) is 4.79 Å². The zero-order valence-electron chi connectivity index (χ0n) is 10.7. The summed E-state index contributed by atoms with van der Waals surface area (Å²) >= 11 is 0. The van der Waals surface area contributed by atoms with Crippen molar-refractivity contribution in [1.29, 1.82) is 0 Å². The molecule has 0 aliphatic carbocycles. The Kier molecular flexibility index (Phi) is 4.99. The van der Waals surface area contributed by atoms with Gasteiger partial charge in [0.25, 0.3) is 5.69 Å². The third kappa shape index (κ3) is 4.74. The minimum absolute atomic E-state index is 0.146. The number of carbonyl (C=O) groups excluding carboxylic acids is 1. The molecule has 0 bridgehead atoms. The molecule has 19 heavy (non-hydrogen) atoms. The fourth-order valence-electron chi connectivity index (χ4n) is 1.35. The number of nitrogens with one attached hydrogen (secondary N) is 1. The van der Waals surface area contributed by atoms with Crippen LogP contribution in [0.5, 0.6) is 5.75 Å². The van der Waals surface area contributed by atoms with Gasteiger partial charge in [0.05, 0.1) is 11.1 Å². The lowest BCUT2D eigenvalue weighted by molar-refractivity contribution is -0.384. The number of nitro benzene ring substituents is 1. The molecular weight excluding hydrogens is 250 g/mol. The zero-order valence-corrected chi connectivity index (χ0v) is 10.7. The Labute approximate surface area is 110 Å². The predicted octanol–water partition coefficient (Wildman–Crippen LogP) is 1.80. The summed E-state index contributed by atoms with van der Waals surface area (Å²) < 4.78 is 0. The normalized spacial score (nSPS) is 10.9. The van der Waals surface area contributed by atoms with Crippen molar-refractivity contribution in [2.45, 2.75) is 20.3 Å². The maximum Gasteiger partial charge on any atom is 0.270 e. The van der Waals surface area contributed by atoms with E-state index in [4.69, 9.17) is 0 Å². The highest BCUT2D eigenvalue weighted by molar-refractivity contribution is 5.86. The van der Waals surface area contributed by atoms with Gasteiger partial charge >= 0.3 is 0 Å². The molecule has 1 rings (SSSR count). The van der Waals surface area contributed by atoms with E-state index in [0.717, 1.165) is 0 Å². The van der Waals surface area contributed by atoms with E-state index in [1.165, 1.54) is 24.4 Å². The Balaban J connectivity index is 2.73. The van der Waals surface area contributed by atoms with Crippen LogP contribution in [-0.4, -0.2) is 22.2 Å². The van der Waals surface area contributed by atoms with E-state index in [2.05, 4.69) is 10.5 Å². The van der Waals surface area contributed by atoms with E-state index in [1.54, 1.807) is 0 Å². The molecule has 0 spiro atoms. The second-order valence-electron chi connectivity index (χ2n) is 4.39. The second kappa shape index (κ2) is 6.48. The van der Waals surface area contributed by atoms with E-state index in [-0.39, 0.29) is 28.8 Å². The van der Waals surface area contributed by atoms with Crippen molar-refractivity contribution in [3.05, 3.63) is 33.9 Å². The van der Waals surface area contributed by atoms with Gasteiger partial charge < -0.3 is 5.11 Å². The fraction of sp³-hybridized carbons (Fsp3) is 0.333. The highest BCUT2D eigenvalue weighted by Gasteiger charge is 2.09. The number of rotatable bonds is 5. The first-order chi connectivity index (χ1) is 8.90. The Morgan fingerprint density at radius 3 is 2.84 bits per heavy atom. The lowest BCUT2D eigenvalue weighted by Gasteiger charge is -2.02. The average molecular weight is 265 g/mol. The Morgan fingerprint density at radius 2 is 2.26 bits per heavy atom. The van der Waals surface area contributed by atoms with Gasteiger partial charge in [-0.25, -0.2) is 5.43 Å². The topological polar surface area (TPSA) is 105 Å². The number of carbonyl (C=O) groups is 1. The zero-order chi connectivity index (χ0) is 14.4. The molecule has 0 atom stereocenters. The Hall–Kier alpha value is -2.44. The summed E-state index contributed by atoms with van der Waals surface area (Å²) in [4.78, 5) is 21.3. The fourth-order valence-corrected chi connectivity index (χ4v) is 1.35. The van der Waals surface area contributed by atoms with Gasteiger partial charge in [0.15, 0.2) is 0 Å². The summed E-state index contributed by atoms with van der Waals surface area (Å²) in [6.45, 7) is 3.80. The third-order valence-electron chi connectivity index (χ3n) is 2.21. The first-order valence-corrected chi connectivity index (χ1v) is 5.69. The van der Waals surface area contributed by atoms with Crippen LogP contribution >= 0.6 is 0 Å². The Morgan fingerprint density at radius 1 is 1.58 bits per heavy atom. The molecule has 2 N–H and O–H groups in total. The summed E-state index contributed by atoms with van der Waals surface area (Å²) in [5.41, 5.74) is 2.29. The molecule has 0 aliphatic heterocycles. The number of hydrogen-bond donors (Lipinski definition) is 2. The second-order valence-corrected chi connectivity index (χ2v) is 4.39. The molecule has 0 radical (unpaired) electrons. The minimum atomic E-state index is -0.575. The first kappa shape index (κ1) is 14.6. The predicted molar refractivity (Wildman–Crippen MR) is 70.0 cm³/mol. The van der Waals surface area contributed by atoms with E-state index >= 15 is 0 Å². The third-order valence-corrected chi connectivity index (χ3v) is 2.21. The van der Waals surface area contributed by atoms with Crippen LogP contribution < -0.4 is 5.43 Å². The van der Waals surface area contributed by atoms with Crippen molar-refractivity contribution in [1.82, 2.24) is 5.43 Å². The van der Waals surface area contributed by atoms with Crippen molar-refractivity contribution in [3.8, 4) is 5.75 Å². The van der Waals surface area contributed by atoms with Gasteiger partial charge in [-0.05, 0) is 12.0 Å². The van der Waals surface area contributed by atoms with Gasteiger partial charge in [0, 0.05) is 24.1 Å². The molecule has 1 amide bonds. The number of benzene rings is 1. The standard InChI is InChI=1S/C12H15N3O4/c1-8(2)5-12(17)14-13-7-9-6-10(15(18)19)3-4-11(9)16/h3-4,6-8,16H,5H2,1-2H3,(H,14,17). The van der Waals surface area contributed by atoms with Crippen LogP contribution in [0.3, 0.4) is 0 Å². The van der Waals surface area contributed by atoms with Gasteiger partial charge in [0.2, 0.25) is 5.91 Å². The monoisotopic (exact) mass is 265 g/mol. The van der Waals surface area contributed by atoms with Crippen molar-refractivity contribution in [2.75, 3.05) is 0 Å². The van der Waals surface area contributed by atoms with Gasteiger partial charge in [0.1, 0.15) is 5.75 Å². The molecule has 1 aromatic carbocycles. The quantitative estimate of drug-likeness (QED) is 0.481. The number of non-ortho nitro benzene ring substituents is 1. The van der Waals surface area contributed by atoms with Crippen LogP contribution in [0.4, 0.5) is 5.69 Å². The highest BCUT2D eigenvalue weighted by atomic mass is 16.6. The van der Waals surface area contributed by atoms with E-state index in [1.807, 2.05) is 13.8 Å². The number of hydrogen-bond acceptors (Lipinski definition) is 5. The summed E-state index contributed by atoms with van der Waals surface area (Å²) in [5, 5.41) is 23.7. The molecule has 7 heteroatoms. The number of nitrogens with zero attached hydrogens (tertiary/aromatic N) is 2. The van der Waals surface area contributed by atoms with E-state index < -0.39 is 4.92 Å². The lowest BCUT2D eigenvalue weighted by atomic mass is 10.1. The lowest BCUT2D eigenvalue weighted by Crippen LogP contribution is -2.19. The van der Waals surface area contributed by atoms with E-state index in [9.17, 15) is 20.0 Å². The number of amides is 1. The minimum Gasteiger partial charge on any atom is -0.507 e. The SMILES string of the molecule is CC(C)CC(=O)NN=Cc1cc([N+](=O)[O-])ccc1O. The summed E-state index contributed by atoms with van der Waals surface area (Å²) in [5.74, 6) is -0.190. The molecular formula is C12H15N3O4. The molecule has 0 unspecified atom stereocenters. The summed E-state index contributed by atoms with van der Waals surface area (Å²) in [7, 11) is 0. The molecule has 0 heterocycles. The van der Waals surface area contributed by atoms with Crippen LogP contribution in [0.2, 0.25) is 0 Å². The molecule has 7 nitrogen and oxygen atoms in total. The molecule has 0 saturated heterocycles. The van der Waals surface area contributed by atoms with Gasteiger partial charge in [-0.2, -0.15) is 5.10 Å². The van der Waals surface area contributed by atoms with Crippen molar-refractivity contribution in [2.24, 2.45) is 11.0 Å². The Bertz CT molecular complexity index is 512. The highest BCUT2D eigenvalue weighted by Crippen LogP contribution is 2.21. The molecule has 0 aliphatic rings. The first-order valence-electron chi connectivity index (χ1n) is 5.69. The van der Waals surface area contributed by atoms with E-state index in [0.29, 0.717) is 6.42 Å². The van der Waals surface area contributed by atoms with Gasteiger partial charge in [-0.1, -0.05) is 13.8 Å².